The van der Waals surface area contributed by atoms with Gasteiger partial charge in [0.05, 0.1) is 5.69 Å². The molecule has 1 fully saturated rings. The predicted octanol–water partition coefficient (Wildman–Crippen LogP) is -0.0993. The third-order valence-electron chi connectivity index (χ3n) is 3.03. The Balaban J connectivity index is 2.09. The van der Waals surface area contributed by atoms with Crippen LogP contribution in [0.25, 0.3) is 11.2 Å². The molecule has 84 valence electrons. The fourth-order valence-corrected chi connectivity index (χ4v) is 2.18. The Labute approximate surface area is 93.0 Å². The Kier molecular flexibility index (Phi) is 2.03. The van der Waals surface area contributed by atoms with Crippen LogP contribution in [-0.2, 0) is 7.05 Å². The minimum Gasteiger partial charge on any atom is -0.368 e. The lowest BCUT2D eigenvalue weighted by Crippen LogP contribution is -2.26. The summed E-state index contributed by atoms with van der Waals surface area (Å²) in [4.78, 5) is 6.53. The van der Waals surface area contributed by atoms with Gasteiger partial charge in [0.2, 0.25) is 0 Å². The van der Waals surface area contributed by atoms with Gasteiger partial charge >= 0.3 is 0 Å². The van der Waals surface area contributed by atoms with E-state index in [-0.39, 0.29) is 6.04 Å². The molecule has 1 atom stereocenters. The van der Waals surface area contributed by atoms with Gasteiger partial charge in [-0.2, -0.15) is 0 Å². The van der Waals surface area contributed by atoms with Crippen molar-refractivity contribution in [2.75, 3.05) is 18.0 Å². The van der Waals surface area contributed by atoms with E-state index >= 15 is 0 Å². The maximum Gasteiger partial charge on any atom is 0.180 e. The second-order valence-electron chi connectivity index (χ2n) is 4.21. The van der Waals surface area contributed by atoms with Gasteiger partial charge in [-0.3, -0.25) is 0 Å². The molecule has 0 saturated carbocycles. The first kappa shape index (κ1) is 9.53. The van der Waals surface area contributed by atoms with E-state index in [4.69, 9.17) is 5.73 Å². The van der Waals surface area contributed by atoms with Gasteiger partial charge in [0.25, 0.3) is 0 Å². The molecule has 0 aromatic carbocycles. The lowest BCUT2D eigenvalue weighted by Gasteiger charge is -2.17. The summed E-state index contributed by atoms with van der Waals surface area (Å²) in [5.41, 5.74) is 8.68. The molecule has 6 heteroatoms. The lowest BCUT2D eigenvalue weighted by molar-refractivity contribution is 0.730. The third-order valence-corrected chi connectivity index (χ3v) is 3.03. The molecule has 3 rings (SSSR count). The molecule has 0 amide bonds. The minimum atomic E-state index is 0.264. The quantitative estimate of drug-likeness (QED) is 0.723. The molecule has 0 bridgehead atoms. The second kappa shape index (κ2) is 3.41. The van der Waals surface area contributed by atoms with Gasteiger partial charge in [-0.05, 0) is 12.5 Å². The number of fused-ring (bicyclic) bond motifs is 1. The molecule has 6 nitrogen and oxygen atoms in total. The Hall–Kier alpha value is -1.69. The molecule has 0 radical (unpaired) electrons. The number of hydrogen-bond acceptors (Lipinski definition) is 5. The van der Waals surface area contributed by atoms with Crippen molar-refractivity contribution < 1.29 is 0 Å². The average molecular weight is 218 g/mol. The van der Waals surface area contributed by atoms with E-state index in [1.807, 2.05) is 13.1 Å². The van der Waals surface area contributed by atoms with Crippen molar-refractivity contribution in [3.63, 3.8) is 0 Å². The van der Waals surface area contributed by atoms with Crippen LogP contribution in [0.2, 0.25) is 0 Å². The van der Waals surface area contributed by atoms with Crippen LogP contribution in [-0.4, -0.2) is 39.1 Å². The first-order valence-corrected chi connectivity index (χ1v) is 5.40. The number of rotatable bonds is 1. The van der Waals surface area contributed by atoms with Crippen LogP contribution in [0.1, 0.15) is 6.42 Å². The number of nitrogens with zero attached hydrogens (tertiary/aromatic N) is 5. The van der Waals surface area contributed by atoms with Crippen LogP contribution in [0, 0.1) is 0 Å². The lowest BCUT2D eigenvalue weighted by atomic mass is 10.3. The van der Waals surface area contributed by atoms with E-state index in [1.54, 1.807) is 10.9 Å². The SMILES string of the molecule is Cn1nnc2c(N3CCC(N)C3)ccnc21. The summed E-state index contributed by atoms with van der Waals surface area (Å²) in [7, 11) is 1.85. The summed E-state index contributed by atoms with van der Waals surface area (Å²) in [6.07, 6.45) is 2.83. The Morgan fingerprint density at radius 1 is 1.50 bits per heavy atom. The fraction of sp³-hybridized carbons (Fsp3) is 0.500. The van der Waals surface area contributed by atoms with Crippen LogP contribution in [0.3, 0.4) is 0 Å². The minimum absolute atomic E-state index is 0.264. The zero-order valence-electron chi connectivity index (χ0n) is 9.17. The van der Waals surface area contributed by atoms with Crippen LogP contribution in [0.15, 0.2) is 12.3 Å². The van der Waals surface area contributed by atoms with E-state index in [1.165, 1.54) is 0 Å². The standard InChI is InChI=1S/C10H14N6/c1-15-10-9(13-14-15)8(2-4-12-10)16-5-3-7(11)6-16/h2,4,7H,3,5-6,11H2,1H3. The maximum absolute atomic E-state index is 5.91. The van der Waals surface area contributed by atoms with Crippen LogP contribution < -0.4 is 10.6 Å². The summed E-state index contributed by atoms with van der Waals surface area (Å²) in [6.45, 7) is 1.87. The summed E-state index contributed by atoms with van der Waals surface area (Å²) in [5, 5.41) is 8.15. The first-order chi connectivity index (χ1) is 7.75. The topological polar surface area (TPSA) is 72.9 Å². The highest BCUT2D eigenvalue weighted by Gasteiger charge is 2.22. The average Bonchev–Trinajstić information content (AvgIpc) is 2.86. The molecule has 2 N–H and O–H groups in total. The highest BCUT2D eigenvalue weighted by Crippen LogP contribution is 2.25. The maximum atomic E-state index is 5.91. The number of hydrogen-bond donors (Lipinski definition) is 1. The van der Waals surface area contributed by atoms with Gasteiger partial charge in [-0.15, -0.1) is 5.10 Å². The van der Waals surface area contributed by atoms with Gasteiger partial charge in [-0.1, -0.05) is 5.21 Å². The molecular weight excluding hydrogens is 204 g/mol. The number of aromatic nitrogens is 4. The van der Waals surface area contributed by atoms with Crippen molar-refractivity contribution in [2.45, 2.75) is 12.5 Å². The van der Waals surface area contributed by atoms with Gasteiger partial charge in [0.1, 0.15) is 0 Å². The fourth-order valence-electron chi connectivity index (χ4n) is 2.18. The Morgan fingerprint density at radius 3 is 3.12 bits per heavy atom. The van der Waals surface area contributed by atoms with Crippen LogP contribution in [0.4, 0.5) is 5.69 Å². The summed E-state index contributed by atoms with van der Waals surface area (Å²) in [5.74, 6) is 0. The van der Waals surface area contributed by atoms with E-state index in [0.717, 1.165) is 36.4 Å². The third kappa shape index (κ3) is 1.34. The second-order valence-corrected chi connectivity index (χ2v) is 4.21. The molecule has 2 aromatic rings. The normalized spacial score (nSPS) is 20.9. The van der Waals surface area contributed by atoms with E-state index in [0.29, 0.717) is 0 Å². The van der Waals surface area contributed by atoms with Gasteiger partial charge < -0.3 is 10.6 Å². The first-order valence-electron chi connectivity index (χ1n) is 5.40. The van der Waals surface area contributed by atoms with Gasteiger partial charge in [-0.25, -0.2) is 9.67 Å². The zero-order valence-corrected chi connectivity index (χ0v) is 9.17. The number of aryl methyl sites for hydroxylation is 1. The number of nitrogens with two attached hydrogens (primary N) is 1. The van der Waals surface area contributed by atoms with Crippen LogP contribution in [0.5, 0.6) is 0 Å². The molecule has 3 heterocycles. The van der Waals surface area contributed by atoms with Crippen molar-refractivity contribution in [3.05, 3.63) is 12.3 Å². The smallest absolute Gasteiger partial charge is 0.180 e. The molecule has 16 heavy (non-hydrogen) atoms. The molecule has 1 unspecified atom stereocenters. The van der Waals surface area contributed by atoms with Gasteiger partial charge in [0, 0.05) is 32.4 Å². The van der Waals surface area contributed by atoms with Crippen molar-refractivity contribution in [2.24, 2.45) is 12.8 Å². The predicted molar refractivity (Wildman–Crippen MR) is 61.1 cm³/mol. The summed E-state index contributed by atoms with van der Waals surface area (Å²) in [6, 6.07) is 2.24. The van der Waals surface area contributed by atoms with Crippen molar-refractivity contribution in [3.8, 4) is 0 Å². The van der Waals surface area contributed by atoms with Crippen molar-refractivity contribution in [1.82, 2.24) is 20.0 Å². The Bertz CT molecular complexity index is 519. The summed E-state index contributed by atoms with van der Waals surface area (Å²) >= 11 is 0. The van der Waals surface area contributed by atoms with Gasteiger partial charge in [0.15, 0.2) is 11.2 Å². The van der Waals surface area contributed by atoms with Crippen LogP contribution >= 0.6 is 0 Å². The molecule has 1 saturated heterocycles. The van der Waals surface area contributed by atoms with E-state index in [9.17, 15) is 0 Å². The highest BCUT2D eigenvalue weighted by atomic mass is 15.4. The van der Waals surface area contributed by atoms with Crippen molar-refractivity contribution >= 4 is 16.9 Å². The summed E-state index contributed by atoms with van der Waals surface area (Å²) < 4.78 is 1.69. The molecule has 1 aliphatic rings. The number of pyridine rings is 1. The molecule has 0 spiro atoms. The molecule has 2 aromatic heterocycles. The molecule has 1 aliphatic heterocycles. The van der Waals surface area contributed by atoms with E-state index < -0.39 is 0 Å². The number of anilines is 1. The highest BCUT2D eigenvalue weighted by molar-refractivity contribution is 5.85. The molecule has 0 aliphatic carbocycles. The monoisotopic (exact) mass is 218 g/mol. The zero-order chi connectivity index (χ0) is 11.1. The van der Waals surface area contributed by atoms with E-state index in [2.05, 4.69) is 20.2 Å². The largest absolute Gasteiger partial charge is 0.368 e. The molecular formula is C10H14N6. The Morgan fingerprint density at radius 2 is 2.38 bits per heavy atom. The van der Waals surface area contributed by atoms with Crippen molar-refractivity contribution in [1.29, 1.82) is 0 Å².